The van der Waals surface area contributed by atoms with E-state index in [1.807, 2.05) is 0 Å². The largest absolute Gasteiger partial charge is 0.457 e. The number of hydrogen-bond acceptors (Lipinski definition) is 9. The van der Waals surface area contributed by atoms with Gasteiger partial charge in [-0.15, -0.1) is 0 Å². The monoisotopic (exact) mass is 630 g/mol. The van der Waals surface area contributed by atoms with Crippen molar-refractivity contribution in [3.8, 4) is 0 Å². The summed E-state index contributed by atoms with van der Waals surface area (Å²) in [5.41, 5.74) is 0. The van der Waals surface area contributed by atoms with Crippen LogP contribution in [0.5, 0.6) is 0 Å². The van der Waals surface area contributed by atoms with Gasteiger partial charge in [0.15, 0.2) is 6.29 Å². The van der Waals surface area contributed by atoms with Crippen molar-refractivity contribution in [1.29, 1.82) is 0 Å². The molecule has 0 aliphatic carbocycles. The lowest BCUT2D eigenvalue weighted by molar-refractivity contribution is -0.305. The lowest BCUT2D eigenvalue weighted by atomic mass is 9.99. The van der Waals surface area contributed by atoms with Crippen molar-refractivity contribution in [2.45, 2.75) is 179 Å². The number of rotatable bonds is 29. The first-order valence-electron chi connectivity index (χ1n) is 17.8. The number of aliphatic hydroxyl groups excluding tert-OH is 4. The van der Waals surface area contributed by atoms with Crippen LogP contribution in [-0.2, 0) is 23.7 Å². The van der Waals surface area contributed by atoms with Gasteiger partial charge in [0.05, 0.1) is 19.8 Å². The molecule has 1 rings (SSSR count). The van der Waals surface area contributed by atoms with Crippen LogP contribution >= 0.6 is 0 Å². The van der Waals surface area contributed by atoms with Gasteiger partial charge in [0.25, 0.3) is 0 Å². The Bertz CT molecular complexity index is 687. The molecule has 1 fully saturated rings. The predicted molar refractivity (Wildman–Crippen MR) is 173 cm³/mol. The van der Waals surface area contributed by atoms with E-state index in [-0.39, 0.29) is 19.2 Å². The zero-order valence-electron chi connectivity index (χ0n) is 27.9. The summed E-state index contributed by atoms with van der Waals surface area (Å²) in [6, 6.07) is 0. The van der Waals surface area contributed by atoms with Crippen molar-refractivity contribution in [3.63, 3.8) is 0 Å². The molecule has 0 amide bonds. The summed E-state index contributed by atoms with van der Waals surface area (Å²) in [6.45, 7) is 4.49. The van der Waals surface area contributed by atoms with E-state index in [2.05, 4.69) is 26.0 Å². The number of unbranched alkanes of at least 4 members (excludes halogenated alkanes) is 16. The first-order chi connectivity index (χ1) is 21.4. The van der Waals surface area contributed by atoms with Crippen molar-refractivity contribution in [3.05, 3.63) is 12.2 Å². The molecule has 9 heteroatoms. The summed E-state index contributed by atoms with van der Waals surface area (Å²) in [7, 11) is 0. The van der Waals surface area contributed by atoms with Crippen LogP contribution in [0.2, 0.25) is 0 Å². The molecule has 0 spiro atoms. The Morgan fingerprint density at radius 2 is 1.25 bits per heavy atom. The lowest BCUT2D eigenvalue weighted by Crippen LogP contribution is -2.59. The minimum absolute atomic E-state index is 0.113. The molecule has 1 aliphatic rings. The molecule has 0 aromatic carbocycles. The molecule has 9 nitrogen and oxygen atoms in total. The maximum absolute atomic E-state index is 12.6. The minimum atomic E-state index is -1.53. The van der Waals surface area contributed by atoms with Gasteiger partial charge < -0.3 is 39.4 Å². The van der Waals surface area contributed by atoms with E-state index < -0.39 is 43.4 Å². The number of aliphatic hydroxyl groups is 4. The van der Waals surface area contributed by atoms with Gasteiger partial charge in [-0.3, -0.25) is 4.79 Å². The number of ether oxygens (including phenoxy) is 4. The minimum Gasteiger partial charge on any atom is -0.457 e. The molecule has 6 atom stereocenters. The van der Waals surface area contributed by atoms with Gasteiger partial charge in [0.2, 0.25) is 0 Å². The molecule has 1 heterocycles. The number of carbonyl (C=O) groups is 1. The number of allylic oxidation sites excluding steroid dienone is 2. The van der Waals surface area contributed by atoms with Crippen molar-refractivity contribution in [2.24, 2.45) is 0 Å². The normalized spacial score (nSPS) is 22.9. The molecular weight excluding hydrogens is 564 g/mol. The first-order valence-corrected chi connectivity index (χ1v) is 17.8. The van der Waals surface area contributed by atoms with Gasteiger partial charge >= 0.3 is 5.97 Å². The van der Waals surface area contributed by atoms with E-state index in [1.54, 1.807) is 0 Å². The topological polar surface area (TPSA) is 135 Å². The summed E-state index contributed by atoms with van der Waals surface area (Å²) in [4.78, 5) is 12.6. The van der Waals surface area contributed by atoms with E-state index in [1.165, 1.54) is 77.0 Å². The Hall–Kier alpha value is -1.07. The molecule has 44 heavy (non-hydrogen) atoms. The van der Waals surface area contributed by atoms with Crippen molar-refractivity contribution >= 4 is 5.97 Å². The van der Waals surface area contributed by atoms with Crippen LogP contribution in [0, 0.1) is 0 Å². The number of esters is 1. The van der Waals surface area contributed by atoms with Crippen LogP contribution in [0.4, 0.5) is 0 Å². The van der Waals surface area contributed by atoms with Crippen molar-refractivity contribution in [2.75, 3.05) is 26.4 Å². The second-order valence-electron chi connectivity index (χ2n) is 12.3. The van der Waals surface area contributed by atoms with Crippen LogP contribution in [0.15, 0.2) is 12.2 Å². The maximum atomic E-state index is 12.6. The van der Waals surface area contributed by atoms with Gasteiger partial charge in [-0.2, -0.15) is 0 Å². The molecular formula is C35H66O9. The van der Waals surface area contributed by atoms with Crippen LogP contribution in [0.1, 0.15) is 142 Å². The van der Waals surface area contributed by atoms with Gasteiger partial charge in [-0.1, -0.05) is 109 Å². The molecule has 0 aromatic rings. The summed E-state index contributed by atoms with van der Waals surface area (Å²) in [5, 5.41) is 39.7. The zero-order valence-corrected chi connectivity index (χ0v) is 27.9. The van der Waals surface area contributed by atoms with Gasteiger partial charge in [-0.05, 0) is 38.5 Å². The molecule has 6 unspecified atom stereocenters. The van der Waals surface area contributed by atoms with Gasteiger partial charge in [-0.25, -0.2) is 0 Å². The molecule has 4 N–H and O–H groups in total. The molecule has 0 saturated carbocycles. The standard InChI is InChI=1S/C35H66O9/c1-3-5-7-9-11-12-13-14-15-16-17-18-20-22-24-31(37)43-29(27-41-25-23-21-19-10-8-6-4-2)28-42-35-34(40)33(39)32(38)30(26-36)44-35/h13-14,29-30,32-36,38-40H,3-12,15-28H2,1-2H3/b14-13-. The second-order valence-corrected chi connectivity index (χ2v) is 12.3. The zero-order chi connectivity index (χ0) is 32.3. The second kappa shape index (κ2) is 28.2. The van der Waals surface area contributed by atoms with Crippen molar-refractivity contribution in [1.82, 2.24) is 0 Å². The molecule has 0 bridgehead atoms. The average molecular weight is 631 g/mol. The highest BCUT2D eigenvalue weighted by Crippen LogP contribution is 2.22. The van der Waals surface area contributed by atoms with E-state index >= 15 is 0 Å². The van der Waals surface area contributed by atoms with E-state index in [4.69, 9.17) is 18.9 Å². The van der Waals surface area contributed by atoms with E-state index in [9.17, 15) is 25.2 Å². The fourth-order valence-electron chi connectivity index (χ4n) is 5.31. The Labute approximate surface area is 267 Å². The smallest absolute Gasteiger partial charge is 0.306 e. The Kier molecular flexibility index (Phi) is 26.2. The summed E-state index contributed by atoms with van der Waals surface area (Å²) >= 11 is 0. The van der Waals surface area contributed by atoms with Gasteiger partial charge in [0.1, 0.15) is 30.5 Å². The third-order valence-corrected chi connectivity index (χ3v) is 8.18. The van der Waals surface area contributed by atoms with Crippen LogP contribution in [0.3, 0.4) is 0 Å². The fourth-order valence-corrected chi connectivity index (χ4v) is 5.31. The van der Waals surface area contributed by atoms with E-state index in [0.29, 0.717) is 13.0 Å². The highest BCUT2D eigenvalue weighted by Gasteiger charge is 2.44. The molecule has 1 aliphatic heterocycles. The fraction of sp³-hybridized carbons (Fsp3) is 0.914. The van der Waals surface area contributed by atoms with Gasteiger partial charge in [0, 0.05) is 13.0 Å². The highest BCUT2D eigenvalue weighted by molar-refractivity contribution is 5.69. The third kappa shape index (κ3) is 20.1. The Morgan fingerprint density at radius 1 is 0.705 bits per heavy atom. The van der Waals surface area contributed by atoms with Crippen LogP contribution in [-0.4, -0.2) is 89.6 Å². The maximum Gasteiger partial charge on any atom is 0.306 e. The van der Waals surface area contributed by atoms with Crippen LogP contribution < -0.4 is 0 Å². The first kappa shape index (κ1) is 41.0. The Morgan fingerprint density at radius 3 is 1.84 bits per heavy atom. The van der Waals surface area contributed by atoms with E-state index in [0.717, 1.165) is 44.9 Å². The third-order valence-electron chi connectivity index (χ3n) is 8.18. The molecule has 0 radical (unpaired) electrons. The lowest BCUT2D eigenvalue weighted by Gasteiger charge is -2.39. The summed E-state index contributed by atoms with van der Waals surface area (Å²) in [6.07, 6.45) is 19.6. The van der Waals surface area contributed by atoms with Crippen molar-refractivity contribution < 1.29 is 44.2 Å². The summed E-state index contributed by atoms with van der Waals surface area (Å²) in [5.74, 6) is -0.325. The number of hydrogen-bond donors (Lipinski definition) is 4. The molecule has 0 aromatic heterocycles. The predicted octanol–water partition coefficient (Wildman–Crippen LogP) is 6.13. The number of carbonyl (C=O) groups excluding carboxylic acids is 1. The molecule has 260 valence electrons. The Balaban J connectivity index is 2.34. The average Bonchev–Trinajstić information content (AvgIpc) is 3.02. The molecule has 1 saturated heterocycles. The highest BCUT2D eigenvalue weighted by atomic mass is 16.7. The quantitative estimate of drug-likeness (QED) is 0.0437. The van der Waals surface area contributed by atoms with Crippen LogP contribution in [0.25, 0.3) is 0 Å². The SMILES string of the molecule is CCCCCCC/C=C\CCCCCCCC(=O)OC(COCCCCCCCCC)COC1OC(CO)C(O)C(O)C1O. The summed E-state index contributed by atoms with van der Waals surface area (Å²) < 4.78 is 22.5.